The number of halogens is 1. The fraction of sp³-hybridized carbons (Fsp3) is 0.385. The molecule has 3 heterocycles. The fourth-order valence-electron chi connectivity index (χ4n) is 4.68. The van der Waals surface area contributed by atoms with Crippen LogP contribution in [0, 0.1) is 0 Å². The molecule has 1 aliphatic rings. The van der Waals surface area contributed by atoms with Crippen molar-refractivity contribution >= 4 is 22.5 Å². The lowest BCUT2D eigenvalue weighted by molar-refractivity contribution is 0.0980. The highest BCUT2D eigenvalue weighted by atomic mass is 35.5. The van der Waals surface area contributed by atoms with Crippen molar-refractivity contribution < 1.29 is 0 Å². The van der Waals surface area contributed by atoms with Gasteiger partial charge in [-0.3, -0.25) is 14.8 Å². The molecule has 0 aliphatic carbocycles. The van der Waals surface area contributed by atoms with E-state index in [1.54, 1.807) is 0 Å². The van der Waals surface area contributed by atoms with E-state index in [4.69, 9.17) is 11.6 Å². The number of piperazine rings is 1. The summed E-state index contributed by atoms with van der Waals surface area (Å²) < 4.78 is 1.96. The SMILES string of the molecule is CC(C)(C)n1nnnc1[C@@H](c1ccc2ncccc2c1)N1CCN(Cc2ccccc2Cl)CC1. The van der Waals surface area contributed by atoms with Gasteiger partial charge < -0.3 is 0 Å². The van der Waals surface area contributed by atoms with Crippen molar-refractivity contribution in [2.24, 2.45) is 0 Å². The lowest BCUT2D eigenvalue weighted by Crippen LogP contribution is -2.48. The Kier molecular flexibility index (Phi) is 6.34. The molecule has 0 unspecified atom stereocenters. The number of nitrogens with zero attached hydrogens (tertiary/aromatic N) is 7. The zero-order chi connectivity index (χ0) is 23.7. The topological polar surface area (TPSA) is 63.0 Å². The molecule has 0 radical (unpaired) electrons. The molecule has 0 spiro atoms. The van der Waals surface area contributed by atoms with E-state index in [0.717, 1.165) is 54.5 Å². The lowest BCUT2D eigenvalue weighted by Gasteiger charge is -2.39. The summed E-state index contributed by atoms with van der Waals surface area (Å²) in [6.45, 7) is 11.0. The summed E-state index contributed by atoms with van der Waals surface area (Å²) in [7, 11) is 0. The van der Waals surface area contributed by atoms with Gasteiger partial charge in [-0.25, -0.2) is 4.68 Å². The number of aromatic nitrogens is 5. The van der Waals surface area contributed by atoms with Crippen LogP contribution in [0.3, 0.4) is 0 Å². The van der Waals surface area contributed by atoms with Crippen molar-refractivity contribution in [3.8, 4) is 0 Å². The first-order valence-electron chi connectivity index (χ1n) is 11.7. The number of benzene rings is 2. The third kappa shape index (κ3) is 4.69. The van der Waals surface area contributed by atoms with Crippen LogP contribution in [0.15, 0.2) is 60.8 Å². The molecule has 4 aromatic rings. The Bertz CT molecular complexity index is 1270. The van der Waals surface area contributed by atoms with Gasteiger partial charge in [0, 0.05) is 49.3 Å². The first-order valence-corrected chi connectivity index (χ1v) is 12.1. The second kappa shape index (κ2) is 9.41. The molecule has 0 N–H and O–H groups in total. The molecule has 1 atom stereocenters. The number of tetrazole rings is 1. The average Bonchev–Trinajstić information content (AvgIpc) is 3.32. The van der Waals surface area contributed by atoms with Crippen LogP contribution in [0.5, 0.6) is 0 Å². The summed E-state index contributed by atoms with van der Waals surface area (Å²) in [4.78, 5) is 9.45. The Hall–Kier alpha value is -2.87. The molecular formula is C26H30ClN7. The average molecular weight is 476 g/mol. The van der Waals surface area contributed by atoms with Crippen molar-refractivity contribution in [3.63, 3.8) is 0 Å². The first-order chi connectivity index (χ1) is 16.4. The van der Waals surface area contributed by atoms with Crippen LogP contribution in [-0.2, 0) is 12.1 Å². The summed E-state index contributed by atoms with van der Waals surface area (Å²) in [5, 5.41) is 14.9. The molecule has 0 saturated carbocycles. The first kappa shape index (κ1) is 22.9. The van der Waals surface area contributed by atoms with Crippen LogP contribution in [0.25, 0.3) is 10.9 Å². The van der Waals surface area contributed by atoms with Gasteiger partial charge in [0.05, 0.1) is 17.1 Å². The van der Waals surface area contributed by atoms with E-state index < -0.39 is 0 Å². The number of fused-ring (bicyclic) bond motifs is 1. The minimum absolute atomic E-state index is 0.0405. The Morgan fingerprint density at radius 2 is 1.76 bits per heavy atom. The maximum Gasteiger partial charge on any atom is 0.173 e. The molecule has 7 nitrogen and oxygen atoms in total. The highest BCUT2D eigenvalue weighted by Gasteiger charge is 2.33. The molecule has 2 aromatic carbocycles. The van der Waals surface area contributed by atoms with E-state index >= 15 is 0 Å². The predicted molar refractivity (Wildman–Crippen MR) is 135 cm³/mol. The van der Waals surface area contributed by atoms with E-state index in [1.165, 1.54) is 11.1 Å². The molecule has 5 rings (SSSR count). The standard InChI is InChI=1S/C26H30ClN7/c1-26(2,3)34-25(29-30-31-34)24(20-10-11-23-19(17-20)8-6-12-28-23)33-15-13-32(14-16-33)18-21-7-4-5-9-22(21)27/h4-12,17,24H,13-16,18H2,1-3H3/t24-/m1/s1. The minimum atomic E-state index is -0.221. The van der Waals surface area contributed by atoms with Gasteiger partial charge in [0.15, 0.2) is 5.82 Å². The quantitative estimate of drug-likeness (QED) is 0.422. The summed E-state index contributed by atoms with van der Waals surface area (Å²) in [5.74, 6) is 0.871. The van der Waals surface area contributed by atoms with Crippen molar-refractivity contribution in [2.75, 3.05) is 26.2 Å². The van der Waals surface area contributed by atoms with Gasteiger partial charge in [0.25, 0.3) is 0 Å². The van der Waals surface area contributed by atoms with Crippen molar-refractivity contribution in [3.05, 3.63) is 82.8 Å². The Morgan fingerprint density at radius 1 is 0.971 bits per heavy atom. The Labute approximate surface area is 205 Å². The van der Waals surface area contributed by atoms with Gasteiger partial charge in [0.2, 0.25) is 0 Å². The third-order valence-corrected chi connectivity index (χ3v) is 6.81. The van der Waals surface area contributed by atoms with Gasteiger partial charge in [-0.15, -0.1) is 5.10 Å². The van der Waals surface area contributed by atoms with Crippen LogP contribution in [0.4, 0.5) is 0 Å². The van der Waals surface area contributed by atoms with E-state index in [9.17, 15) is 0 Å². The van der Waals surface area contributed by atoms with Crippen molar-refractivity contribution in [1.82, 2.24) is 35.0 Å². The molecule has 1 fully saturated rings. The maximum atomic E-state index is 6.41. The number of hydrogen-bond donors (Lipinski definition) is 0. The molecule has 176 valence electrons. The second-order valence-corrected chi connectivity index (χ2v) is 10.3. The molecule has 8 heteroatoms. The van der Waals surface area contributed by atoms with Crippen LogP contribution in [0.1, 0.15) is 43.8 Å². The minimum Gasteiger partial charge on any atom is -0.296 e. The highest BCUT2D eigenvalue weighted by molar-refractivity contribution is 6.31. The summed E-state index contributed by atoms with van der Waals surface area (Å²) in [6, 6.07) is 18.6. The van der Waals surface area contributed by atoms with E-state index in [0.29, 0.717) is 0 Å². The van der Waals surface area contributed by atoms with Gasteiger partial charge in [-0.2, -0.15) is 0 Å². The smallest absolute Gasteiger partial charge is 0.173 e. The lowest BCUT2D eigenvalue weighted by atomic mass is 9.99. The van der Waals surface area contributed by atoms with Gasteiger partial charge in [-0.1, -0.05) is 41.9 Å². The largest absolute Gasteiger partial charge is 0.296 e. The normalized spacial score (nSPS) is 16.7. The molecule has 1 aliphatic heterocycles. The highest BCUT2D eigenvalue weighted by Crippen LogP contribution is 2.32. The van der Waals surface area contributed by atoms with Crippen LogP contribution >= 0.6 is 11.6 Å². The molecule has 2 aromatic heterocycles. The van der Waals surface area contributed by atoms with E-state index in [2.05, 4.69) is 81.4 Å². The van der Waals surface area contributed by atoms with Gasteiger partial charge in [-0.05, 0) is 66.6 Å². The monoisotopic (exact) mass is 475 g/mol. The predicted octanol–water partition coefficient (Wildman–Crippen LogP) is 4.54. The van der Waals surface area contributed by atoms with Crippen LogP contribution < -0.4 is 0 Å². The molecule has 0 amide bonds. The second-order valence-electron chi connectivity index (χ2n) is 9.88. The van der Waals surface area contributed by atoms with Crippen molar-refractivity contribution in [2.45, 2.75) is 38.9 Å². The van der Waals surface area contributed by atoms with Crippen molar-refractivity contribution in [1.29, 1.82) is 0 Å². The van der Waals surface area contributed by atoms with Crippen LogP contribution in [-0.4, -0.2) is 61.2 Å². The summed E-state index contributed by atoms with van der Waals surface area (Å²) in [6.07, 6.45) is 1.83. The third-order valence-electron chi connectivity index (χ3n) is 6.44. The summed E-state index contributed by atoms with van der Waals surface area (Å²) >= 11 is 6.41. The van der Waals surface area contributed by atoms with Crippen LogP contribution in [0.2, 0.25) is 5.02 Å². The Balaban J connectivity index is 1.45. The van der Waals surface area contributed by atoms with E-state index in [-0.39, 0.29) is 11.6 Å². The number of pyridine rings is 1. The molecular weight excluding hydrogens is 446 g/mol. The fourth-order valence-corrected chi connectivity index (χ4v) is 4.87. The maximum absolute atomic E-state index is 6.41. The van der Waals surface area contributed by atoms with Gasteiger partial charge in [0.1, 0.15) is 0 Å². The molecule has 1 saturated heterocycles. The zero-order valence-corrected chi connectivity index (χ0v) is 20.7. The molecule has 34 heavy (non-hydrogen) atoms. The molecule has 0 bridgehead atoms. The van der Waals surface area contributed by atoms with Gasteiger partial charge >= 0.3 is 0 Å². The Morgan fingerprint density at radius 3 is 2.53 bits per heavy atom. The number of rotatable bonds is 5. The van der Waals surface area contributed by atoms with E-state index in [1.807, 2.05) is 35.1 Å². The number of hydrogen-bond acceptors (Lipinski definition) is 6. The zero-order valence-electron chi connectivity index (χ0n) is 19.9. The summed E-state index contributed by atoms with van der Waals surface area (Å²) in [5.41, 5.74) is 3.12.